The normalized spacial score (nSPS) is 19.9. The van der Waals surface area contributed by atoms with Gasteiger partial charge in [0, 0.05) is 11.9 Å². The molecule has 0 bridgehead atoms. The van der Waals surface area contributed by atoms with Gasteiger partial charge in [-0.25, -0.2) is 4.39 Å². The monoisotopic (exact) mass is 529 g/mol. The van der Waals surface area contributed by atoms with Gasteiger partial charge >= 0.3 is 0 Å². The van der Waals surface area contributed by atoms with Crippen molar-refractivity contribution in [3.05, 3.63) is 82.2 Å². The van der Waals surface area contributed by atoms with Crippen LogP contribution in [0.2, 0.25) is 0 Å². The molecule has 2 atom stereocenters. The Hall–Kier alpha value is -2.02. The van der Waals surface area contributed by atoms with Gasteiger partial charge in [-0.3, -0.25) is 4.79 Å². The summed E-state index contributed by atoms with van der Waals surface area (Å²) < 4.78 is 26.0. The van der Waals surface area contributed by atoms with E-state index in [0.29, 0.717) is 36.6 Å². The molecule has 1 aliphatic heterocycles. The molecule has 0 saturated heterocycles. The molecule has 0 radical (unpaired) electrons. The van der Waals surface area contributed by atoms with Crippen molar-refractivity contribution in [2.75, 3.05) is 18.5 Å². The van der Waals surface area contributed by atoms with E-state index in [1.807, 2.05) is 31.2 Å². The third-order valence-electron chi connectivity index (χ3n) is 6.79. The first-order valence-corrected chi connectivity index (χ1v) is 13.3. The molecule has 182 valence electrons. The lowest BCUT2D eigenvalue weighted by Crippen LogP contribution is -2.30. The third-order valence-corrected chi connectivity index (χ3v) is 7.38. The maximum Gasteiger partial charge on any atom is 0.250 e. The second kappa shape index (κ2) is 12.1. The number of carbonyl (C=O) groups excluding carboxylic acids is 1. The Balaban J connectivity index is 1.55. The summed E-state index contributed by atoms with van der Waals surface area (Å²) in [7, 11) is 0. The predicted octanol–water partition coefficient (Wildman–Crippen LogP) is 6.18. The lowest BCUT2D eigenvalue weighted by molar-refractivity contribution is -0.118. The van der Waals surface area contributed by atoms with E-state index >= 15 is 0 Å². The van der Waals surface area contributed by atoms with Crippen LogP contribution in [0.3, 0.4) is 0 Å². The van der Waals surface area contributed by atoms with Gasteiger partial charge in [-0.2, -0.15) is 0 Å². The van der Waals surface area contributed by atoms with Crippen LogP contribution in [-0.2, 0) is 20.8 Å². The number of nitrogens with one attached hydrogen (secondary N) is 1. The standard InChI is InChI=1S/C28H33BrFNO3/c1-19-7-9-20(10-8-19)16-31-28(32)26-24(18-34-27(26)22-11-13-23(30)14-12-22)25(15-29)33-17-21-5-3-2-4-6-21/h7-14,21,25,27H,2-6,15-18H2,1H3,(H,31,32). The van der Waals surface area contributed by atoms with E-state index in [4.69, 9.17) is 9.47 Å². The minimum atomic E-state index is -0.548. The molecule has 1 heterocycles. The fourth-order valence-electron chi connectivity index (χ4n) is 4.76. The van der Waals surface area contributed by atoms with Gasteiger partial charge < -0.3 is 14.8 Å². The van der Waals surface area contributed by atoms with Gasteiger partial charge in [0.2, 0.25) is 0 Å². The summed E-state index contributed by atoms with van der Waals surface area (Å²) in [6.45, 7) is 3.47. The topological polar surface area (TPSA) is 47.6 Å². The minimum Gasteiger partial charge on any atom is -0.373 e. The first-order chi connectivity index (χ1) is 16.5. The molecule has 1 N–H and O–H groups in total. The van der Waals surface area contributed by atoms with Crippen LogP contribution in [0.5, 0.6) is 0 Å². The van der Waals surface area contributed by atoms with Gasteiger partial charge in [-0.15, -0.1) is 0 Å². The molecular formula is C28H33BrFNO3. The van der Waals surface area contributed by atoms with Crippen molar-refractivity contribution in [1.82, 2.24) is 5.32 Å². The highest BCUT2D eigenvalue weighted by molar-refractivity contribution is 9.09. The first kappa shape index (κ1) is 25.1. The lowest BCUT2D eigenvalue weighted by Gasteiger charge is -2.25. The van der Waals surface area contributed by atoms with Crippen LogP contribution < -0.4 is 5.32 Å². The quantitative estimate of drug-likeness (QED) is 0.394. The summed E-state index contributed by atoms with van der Waals surface area (Å²) in [6, 6.07) is 14.3. The molecule has 2 unspecified atom stereocenters. The largest absolute Gasteiger partial charge is 0.373 e. The highest BCUT2D eigenvalue weighted by Crippen LogP contribution is 2.37. The average molecular weight is 530 g/mol. The molecule has 1 aliphatic carbocycles. The fraction of sp³-hybridized carbons (Fsp3) is 0.464. The van der Waals surface area contributed by atoms with Gasteiger partial charge in [0.05, 0.1) is 24.9 Å². The molecular weight excluding hydrogens is 497 g/mol. The molecule has 6 heteroatoms. The summed E-state index contributed by atoms with van der Waals surface area (Å²) >= 11 is 3.60. The lowest BCUT2D eigenvalue weighted by atomic mass is 9.90. The van der Waals surface area contributed by atoms with Gasteiger partial charge in [-0.1, -0.05) is 77.2 Å². The Morgan fingerprint density at radius 1 is 1.12 bits per heavy atom. The van der Waals surface area contributed by atoms with Crippen LogP contribution in [0.1, 0.15) is 54.9 Å². The number of alkyl halides is 1. The van der Waals surface area contributed by atoms with Gasteiger partial charge in [-0.05, 0) is 54.5 Å². The summed E-state index contributed by atoms with van der Waals surface area (Å²) in [5.41, 5.74) is 4.41. The number of halogens is 2. The summed E-state index contributed by atoms with van der Waals surface area (Å²) in [5, 5.41) is 3.65. The number of ether oxygens (including phenoxy) is 2. The van der Waals surface area contributed by atoms with E-state index in [9.17, 15) is 9.18 Å². The van der Waals surface area contributed by atoms with Crippen molar-refractivity contribution in [3.8, 4) is 0 Å². The molecule has 4 nitrogen and oxygen atoms in total. The highest BCUT2D eigenvalue weighted by Gasteiger charge is 2.36. The maximum absolute atomic E-state index is 13.5. The summed E-state index contributed by atoms with van der Waals surface area (Å²) in [4.78, 5) is 13.5. The number of amides is 1. The molecule has 2 aromatic carbocycles. The number of hydrogen-bond acceptors (Lipinski definition) is 3. The van der Waals surface area contributed by atoms with Gasteiger partial charge in [0.1, 0.15) is 11.9 Å². The maximum atomic E-state index is 13.5. The number of aryl methyl sites for hydroxylation is 1. The van der Waals surface area contributed by atoms with Gasteiger partial charge in [0.25, 0.3) is 5.91 Å². The molecule has 1 saturated carbocycles. The average Bonchev–Trinajstić information content (AvgIpc) is 3.30. The zero-order valence-corrected chi connectivity index (χ0v) is 21.3. The first-order valence-electron chi connectivity index (χ1n) is 12.2. The SMILES string of the molecule is Cc1ccc(CNC(=O)C2=C(C(CBr)OCC3CCCCC3)COC2c2ccc(F)cc2)cc1. The molecule has 0 spiro atoms. The van der Waals surface area contributed by atoms with Crippen LogP contribution in [0.25, 0.3) is 0 Å². The Bertz CT molecular complexity index is 984. The van der Waals surface area contributed by atoms with E-state index in [2.05, 4.69) is 21.2 Å². The van der Waals surface area contributed by atoms with E-state index in [1.165, 1.54) is 49.8 Å². The van der Waals surface area contributed by atoms with Gasteiger partial charge in [0.15, 0.2) is 0 Å². The minimum absolute atomic E-state index is 0.172. The van der Waals surface area contributed by atoms with Crippen LogP contribution in [0.15, 0.2) is 59.7 Å². The molecule has 34 heavy (non-hydrogen) atoms. The Morgan fingerprint density at radius 2 is 1.82 bits per heavy atom. The Kier molecular flexibility index (Phi) is 8.92. The Morgan fingerprint density at radius 3 is 2.50 bits per heavy atom. The number of hydrogen-bond donors (Lipinski definition) is 1. The van der Waals surface area contributed by atoms with Crippen molar-refractivity contribution in [3.63, 3.8) is 0 Å². The summed E-state index contributed by atoms with van der Waals surface area (Å²) in [5.74, 6) is 0.0880. The van der Waals surface area contributed by atoms with Crippen molar-refractivity contribution in [1.29, 1.82) is 0 Å². The van der Waals surface area contributed by atoms with E-state index in [-0.39, 0.29) is 17.8 Å². The van der Waals surface area contributed by atoms with E-state index in [1.54, 1.807) is 12.1 Å². The van der Waals surface area contributed by atoms with E-state index in [0.717, 1.165) is 16.7 Å². The van der Waals surface area contributed by atoms with Crippen LogP contribution >= 0.6 is 15.9 Å². The third kappa shape index (κ3) is 6.35. The van der Waals surface area contributed by atoms with E-state index < -0.39 is 6.10 Å². The predicted molar refractivity (Wildman–Crippen MR) is 135 cm³/mol. The molecule has 1 amide bonds. The summed E-state index contributed by atoms with van der Waals surface area (Å²) in [6.07, 6.45) is 5.44. The molecule has 2 aromatic rings. The van der Waals surface area contributed by atoms with Crippen molar-refractivity contribution in [2.45, 2.75) is 57.8 Å². The van der Waals surface area contributed by atoms with Crippen molar-refractivity contribution >= 4 is 21.8 Å². The zero-order valence-electron chi connectivity index (χ0n) is 19.7. The second-order valence-corrected chi connectivity index (χ2v) is 9.98. The second-order valence-electron chi connectivity index (χ2n) is 9.33. The fourth-order valence-corrected chi connectivity index (χ4v) is 5.34. The number of carbonyl (C=O) groups is 1. The molecule has 1 fully saturated rings. The molecule has 2 aliphatic rings. The number of benzene rings is 2. The zero-order chi connectivity index (χ0) is 23.9. The molecule has 0 aromatic heterocycles. The Labute approximate surface area is 210 Å². The van der Waals surface area contributed by atoms with Crippen molar-refractivity contribution in [2.24, 2.45) is 5.92 Å². The van der Waals surface area contributed by atoms with Crippen LogP contribution in [-0.4, -0.2) is 30.6 Å². The molecule has 4 rings (SSSR count). The smallest absolute Gasteiger partial charge is 0.250 e. The highest BCUT2D eigenvalue weighted by atomic mass is 79.9. The van der Waals surface area contributed by atoms with Crippen LogP contribution in [0, 0.1) is 18.7 Å². The van der Waals surface area contributed by atoms with Crippen LogP contribution in [0.4, 0.5) is 4.39 Å². The van der Waals surface area contributed by atoms with Crippen molar-refractivity contribution < 1.29 is 18.7 Å². The number of rotatable bonds is 9.